The third kappa shape index (κ3) is 2.83. The number of anilines is 2. The van der Waals surface area contributed by atoms with Crippen LogP contribution in [-0.2, 0) is 6.54 Å². The first-order valence-corrected chi connectivity index (χ1v) is 8.22. The first kappa shape index (κ1) is 16.0. The maximum absolute atomic E-state index is 12.0. The Morgan fingerprint density at radius 3 is 3.00 bits per heavy atom. The van der Waals surface area contributed by atoms with Crippen molar-refractivity contribution in [3.63, 3.8) is 0 Å². The van der Waals surface area contributed by atoms with Crippen LogP contribution in [0.3, 0.4) is 0 Å². The highest BCUT2D eigenvalue weighted by molar-refractivity contribution is 5.98. The van der Waals surface area contributed by atoms with Gasteiger partial charge >= 0.3 is 0 Å². The van der Waals surface area contributed by atoms with Crippen LogP contribution in [0.5, 0.6) is 5.75 Å². The van der Waals surface area contributed by atoms with Gasteiger partial charge in [0.2, 0.25) is 0 Å². The number of nitrogens with one attached hydrogen (secondary N) is 2. The highest BCUT2D eigenvalue weighted by Crippen LogP contribution is 2.38. The van der Waals surface area contributed by atoms with Crippen molar-refractivity contribution in [3.05, 3.63) is 42.5 Å². The molecule has 26 heavy (non-hydrogen) atoms. The average molecular weight is 351 g/mol. The van der Waals surface area contributed by atoms with Crippen molar-refractivity contribution < 1.29 is 9.53 Å². The molecule has 3 aromatic rings. The van der Waals surface area contributed by atoms with Gasteiger partial charge in [-0.3, -0.25) is 4.79 Å². The monoisotopic (exact) mass is 351 g/mol. The predicted octanol–water partition coefficient (Wildman–Crippen LogP) is 1.62. The van der Waals surface area contributed by atoms with Gasteiger partial charge in [0.25, 0.3) is 5.91 Å². The minimum absolute atomic E-state index is 0.210. The Kier molecular flexibility index (Phi) is 4.18. The third-order valence-corrected chi connectivity index (χ3v) is 4.09. The maximum Gasteiger partial charge on any atom is 0.273 e. The van der Waals surface area contributed by atoms with Crippen molar-refractivity contribution in [3.8, 4) is 17.1 Å². The van der Waals surface area contributed by atoms with Gasteiger partial charge in [-0.2, -0.15) is 5.10 Å². The molecule has 9 nitrogen and oxygen atoms in total. The molecule has 0 atom stereocenters. The molecule has 2 aromatic heterocycles. The van der Waals surface area contributed by atoms with E-state index in [1.54, 1.807) is 19.4 Å². The molecule has 1 aliphatic heterocycles. The van der Waals surface area contributed by atoms with Crippen molar-refractivity contribution in [1.29, 1.82) is 0 Å². The summed E-state index contributed by atoms with van der Waals surface area (Å²) in [5.74, 6) is 1.10. The van der Waals surface area contributed by atoms with Crippen LogP contribution in [0.2, 0.25) is 0 Å². The van der Waals surface area contributed by atoms with Gasteiger partial charge in [0.05, 0.1) is 29.7 Å². The van der Waals surface area contributed by atoms with Gasteiger partial charge in [0.1, 0.15) is 6.33 Å². The SMILES string of the molecule is CNC(=O)c1nnccc1Nc1cccc2c1OCCCn1cnnc1-2. The molecule has 1 aliphatic rings. The maximum atomic E-state index is 12.0. The standard InChI is InChI=1S/C17H17N7O2/c1-18-17(25)14-12(6-7-19-22-14)21-13-5-2-4-11-15(13)26-9-3-8-24-10-20-23-16(11)24/h2,4-7,10H,3,8-9H2,1H3,(H,18,25)(H,19,21). The lowest BCUT2D eigenvalue weighted by atomic mass is 10.1. The molecule has 0 aliphatic carbocycles. The summed E-state index contributed by atoms with van der Waals surface area (Å²) in [5, 5.41) is 21.8. The second kappa shape index (κ2) is 6.79. The zero-order valence-corrected chi connectivity index (χ0v) is 14.1. The first-order valence-electron chi connectivity index (χ1n) is 8.22. The van der Waals surface area contributed by atoms with Gasteiger partial charge in [-0.05, 0) is 24.6 Å². The number of amides is 1. The molecule has 0 fully saturated rings. The van der Waals surface area contributed by atoms with Crippen LogP contribution >= 0.6 is 0 Å². The summed E-state index contributed by atoms with van der Waals surface area (Å²) in [7, 11) is 1.55. The van der Waals surface area contributed by atoms with E-state index in [1.165, 1.54) is 6.20 Å². The van der Waals surface area contributed by atoms with E-state index < -0.39 is 0 Å². The van der Waals surface area contributed by atoms with Crippen LogP contribution in [-0.4, -0.2) is 44.5 Å². The lowest BCUT2D eigenvalue weighted by Gasteiger charge is -2.20. The number of carbonyl (C=O) groups is 1. The quantitative estimate of drug-likeness (QED) is 0.738. The number of rotatable bonds is 3. The lowest BCUT2D eigenvalue weighted by Crippen LogP contribution is -2.21. The number of aromatic nitrogens is 5. The molecule has 1 amide bonds. The molecule has 0 saturated heterocycles. The summed E-state index contributed by atoms with van der Waals surface area (Å²) in [6.07, 6.45) is 4.10. The number of benzene rings is 1. The summed E-state index contributed by atoms with van der Waals surface area (Å²) in [6.45, 7) is 1.37. The molecule has 0 spiro atoms. The normalized spacial score (nSPS) is 12.8. The summed E-state index contributed by atoms with van der Waals surface area (Å²) in [6, 6.07) is 7.42. The molecule has 0 unspecified atom stereocenters. The molecule has 0 saturated carbocycles. The van der Waals surface area contributed by atoms with Gasteiger partial charge in [0.15, 0.2) is 17.3 Å². The molecule has 0 radical (unpaired) electrons. The molecular weight excluding hydrogens is 334 g/mol. The number of para-hydroxylation sites is 1. The van der Waals surface area contributed by atoms with E-state index >= 15 is 0 Å². The summed E-state index contributed by atoms with van der Waals surface area (Å²) in [4.78, 5) is 12.0. The number of aryl methyl sites for hydroxylation is 1. The Hall–Kier alpha value is -3.49. The van der Waals surface area contributed by atoms with Crippen LogP contribution in [0.4, 0.5) is 11.4 Å². The summed E-state index contributed by atoms with van der Waals surface area (Å²) in [5.41, 5.74) is 2.31. The number of nitrogens with zero attached hydrogens (tertiary/aromatic N) is 5. The van der Waals surface area contributed by atoms with Gasteiger partial charge in [-0.15, -0.1) is 15.3 Å². The molecular formula is C17H17N7O2. The largest absolute Gasteiger partial charge is 0.491 e. The number of ether oxygens (including phenoxy) is 1. The van der Waals surface area contributed by atoms with E-state index in [0.717, 1.165) is 30.0 Å². The highest BCUT2D eigenvalue weighted by Gasteiger charge is 2.20. The molecule has 1 aromatic carbocycles. The van der Waals surface area contributed by atoms with Crippen LogP contribution in [0, 0.1) is 0 Å². The summed E-state index contributed by atoms with van der Waals surface area (Å²) >= 11 is 0. The van der Waals surface area contributed by atoms with Crippen molar-refractivity contribution in [1.82, 2.24) is 30.3 Å². The number of carbonyl (C=O) groups excluding carboxylic acids is 1. The van der Waals surface area contributed by atoms with Crippen molar-refractivity contribution in [2.75, 3.05) is 19.0 Å². The smallest absolute Gasteiger partial charge is 0.273 e. The van der Waals surface area contributed by atoms with E-state index in [0.29, 0.717) is 18.0 Å². The zero-order chi connectivity index (χ0) is 17.9. The van der Waals surface area contributed by atoms with Crippen molar-refractivity contribution >= 4 is 17.3 Å². The third-order valence-electron chi connectivity index (χ3n) is 4.09. The average Bonchev–Trinajstić information content (AvgIpc) is 3.11. The van der Waals surface area contributed by atoms with Gasteiger partial charge < -0.3 is 19.9 Å². The van der Waals surface area contributed by atoms with E-state index in [9.17, 15) is 4.79 Å². The van der Waals surface area contributed by atoms with Crippen LogP contribution in [0.1, 0.15) is 16.9 Å². The fraction of sp³-hybridized carbons (Fsp3) is 0.235. The fourth-order valence-corrected chi connectivity index (χ4v) is 2.87. The number of fused-ring (bicyclic) bond motifs is 3. The molecule has 0 bridgehead atoms. The van der Waals surface area contributed by atoms with E-state index in [-0.39, 0.29) is 11.6 Å². The van der Waals surface area contributed by atoms with Crippen molar-refractivity contribution in [2.24, 2.45) is 0 Å². The van der Waals surface area contributed by atoms with Crippen molar-refractivity contribution in [2.45, 2.75) is 13.0 Å². The molecule has 2 N–H and O–H groups in total. The lowest BCUT2D eigenvalue weighted by molar-refractivity contribution is 0.0958. The predicted molar refractivity (Wildman–Crippen MR) is 94.3 cm³/mol. The van der Waals surface area contributed by atoms with Crippen LogP contribution < -0.4 is 15.4 Å². The Labute approximate surface area is 149 Å². The van der Waals surface area contributed by atoms with Gasteiger partial charge in [0, 0.05) is 13.6 Å². The second-order valence-corrected chi connectivity index (χ2v) is 5.73. The van der Waals surface area contributed by atoms with Crippen LogP contribution in [0.25, 0.3) is 11.4 Å². The highest BCUT2D eigenvalue weighted by atomic mass is 16.5. The molecule has 132 valence electrons. The molecule has 4 rings (SSSR count). The van der Waals surface area contributed by atoms with E-state index in [4.69, 9.17) is 4.74 Å². The van der Waals surface area contributed by atoms with Crippen LogP contribution in [0.15, 0.2) is 36.8 Å². The number of hydrogen-bond donors (Lipinski definition) is 2. The Bertz CT molecular complexity index is 954. The minimum atomic E-state index is -0.319. The zero-order valence-electron chi connectivity index (χ0n) is 14.1. The van der Waals surface area contributed by atoms with E-state index in [1.807, 2.05) is 22.8 Å². The Balaban J connectivity index is 1.78. The number of hydrogen-bond acceptors (Lipinski definition) is 7. The molecule has 3 heterocycles. The van der Waals surface area contributed by atoms with E-state index in [2.05, 4.69) is 31.0 Å². The second-order valence-electron chi connectivity index (χ2n) is 5.73. The Morgan fingerprint density at radius 1 is 1.19 bits per heavy atom. The Morgan fingerprint density at radius 2 is 2.12 bits per heavy atom. The van der Waals surface area contributed by atoms with Gasteiger partial charge in [-0.1, -0.05) is 6.07 Å². The fourth-order valence-electron chi connectivity index (χ4n) is 2.87. The topological polar surface area (TPSA) is 107 Å². The molecule has 9 heteroatoms. The minimum Gasteiger partial charge on any atom is -0.491 e. The summed E-state index contributed by atoms with van der Waals surface area (Å²) < 4.78 is 8.01. The first-order chi connectivity index (χ1) is 12.8. The van der Waals surface area contributed by atoms with Gasteiger partial charge in [-0.25, -0.2) is 0 Å².